The van der Waals surface area contributed by atoms with Gasteiger partial charge in [-0.05, 0) is 31.1 Å². The zero-order valence-electron chi connectivity index (χ0n) is 9.44. The third-order valence-electron chi connectivity index (χ3n) is 2.66. The van der Waals surface area contributed by atoms with Gasteiger partial charge >= 0.3 is 0 Å². The maximum Gasteiger partial charge on any atom is 0.211 e. The first kappa shape index (κ1) is 12.9. The summed E-state index contributed by atoms with van der Waals surface area (Å²) in [5.74, 6) is 0.640. The maximum atomic E-state index is 11.5. The van der Waals surface area contributed by atoms with Crippen molar-refractivity contribution in [3.63, 3.8) is 0 Å². The van der Waals surface area contributed by atoms with Crippen LogP contribution in [0.4, 0.5) is 0 Å². The molecular weight excluding hydrogens is 214 g/mol. The monoisotopic (exact) mass is 235 g/mol. The van der Waals surface area contributed by atoms with Gasteiger partial charge < -0.3 is 5.11 Å². The van der Waals surface area contributed by atoms with Crippen molar-refractivity contribution in [3.05, 3.63) is 0 Å². The van der Waals surface area contributed by atoms with E-state index in [1.165, 1.54) is 0 Å². The number of hydrogen-bond acceptors (Lipinski definition) is 3. The average Bonchev–Trinajstić information content (AvgIpc) is 2.46. The molecule has 1 aliphatic rings. The molecule has 0 aromatic rings. The molecule has 2 atom stereocenters. The van der Waals surface area contributed by atoms with E-state index in [9.17, 15) is 13.5 Å². The first-order valence-corrected chi connectivity index (χ1v) is 7.19. The van der Waals surface area contributed by atoms with Crippen LogP contribution < -0.4 is 4.72 Å². The van der Waals surface area contributed by atoms with E-state index in [2.05, 4.69) is 4.72 Å². The van der Waals surface area contributed by atoms with Gasteiger partial charge in [-0.15, -0.1) is 0 Å². The molecule has 0 aromatic carbocycles. The lowest BCUT2D eigenvalue weighted by molar-refractivity contribution is 0.178. The second-order valence-electron chi connectivity index (χ2n) is 4.86. The summed E-state index contributed by atoms with van der Waals surface area (Å²) in [6, 6.07) is 0. The van der Waals surface area contributed by atoms with Crippen molar-refractivity contribution < 1.29 is 13.5 Å². The fourth-order valence-corrected chi connectivity index (χ4v) is 3.46. The highest BCUT2D eigenvalue weighted by molar-refractivity contribution is 7.89. The second kappa shape index (κ2) is 5.27. The number of rotatable bonds is 5. The number of sulfonamides is 1. The Morgan fingerprint density at radius 2 is 2.07 bits per heavy atom. The van der Waals surface area contributed by atoms with Crippen LogP contribution in [0, 0.1) is 11.8 Å². The summed E-state index contributed by atoms with van der Waals surface area (Å²) in [6.45, 7) is 4.25. The van der Waals surface area contributed by atoms with E-state index in [1.807, 2.05) is 13.8 Å². The Balaban J connectivity index is 2.30. The van der Waals surface area contributed by atoms with Gasteiger partial charge in [0.15, 0.2) is 0 Å². The van der Waals surface area contributed by atoms with Crippen LogP contribution in [0.1, 0.15) is 33.1 Å². The molecule has 0 amide bonds. The minimum Gasteiger partial charge on any atom is -0.393 e. The van der Waals surface area contributed by atoms with Crippen LogP contribution in [0.15, 0.2) is 0 Å². The lowest BCUT2D eigenvalue weighted by atomic mass is 10.1. The topological polar surface area (TPSA) is 66.4 Å². The summed E-state index contributed by atoms with van der Waals surface area (Å²) in [4.78, 5) is 0. The Morgan fingerprint density at radius 1 is 1.40 bits per heavy atom. The van der Waals surface area contributed by atoms with E-state index in [4.69, 9.17) is 0 Å². The van der Waals surface area contributed by atoms with Gasteiger partial charge in [-0.3, -0.25) is 0 Å². The van der Waals surface area contributed by atoms with Crippen LogP contribution in [0.3, 0.4) is 0 Å². The molecule has 90 valence electrons. The summed E-state index contributed by atoms with van der Waals surface area (Å²) in [5, 5.41) is 9.30. The number of aliphatic hydroxyl groups excluding tert-OH is 1. The zero-order chi connectivity index (χ0) is 11.5. The van der Waals surface area contributed by atoms with Crippen molar-refractivity contribution in [2.75, 3.05) is 12.3 Å². The number of nitrogens with one attached hydrogen (secondary N) is 1. The van der Waals surface area contributed by atoms with Gasteiger partial charge in [-0.1, -0.05) is 13.8 Å². The van der Waals surface area contributed by atoms with Crippen molar-refractivity contribution in [1.82, 2.24) is 4.72 Å². The van der Waals surface area contributed by atoms with E-state index in [-0.39, 0.29) is 17.8 Å². The Morgan fingerprint density at radius 3 is 2.53 bits per heavy atom. The second-order valence-corrected chi connectivity index (χ2v) is 6.71. The highest BCUT2D eigenvalue weighted by atomic mass is 32.2. The van der Waals surface area contributed by atoms with E-state index >= 15 is 0 Å². The van der Waals surface area contributed by atoms with Gasteiger partial charge in [0.05, 0.1) is 11.9 Å². The Kier molecular flexibility index (Phi) is 4.55. The van der Waals surface area contributed by atoms with Crippen LogP contribution in [0.2, 0.25) is 0 Å². The number of aliphatic hydroxyl groups is 1. The van der Waals surface area contributed by atoms with Gasteiger partial charge in [0.2, 0.25) is 10.0 Å². The number of hydrogen-bond donors (Lipinski definition) is 2. The van der Waals surface area contributed by atoms with Crippen LogP contribution in [0.5, 0.6) is 0 Å². The molecule has 0 saturated heterocycles. The largest absolute Gasteiger partial charge is 0.393 e. The molecule has 1 saturated carbocycles. The normalized spacial score (nSPS) is 27.5. The molecule has 4 nitrogen and oxygen atoms in total. The fraction of sp³-hybridized carbons (Fsp3) is 1.00. The Labute approximate surface area is 92.1 Å². The van der Waals surface area contributed by atoms with Crippen LogP contribution in [0.25, 0.3) is 0 Å². The van der Waals surface area contributed by atoms with Crippen molar-refractivity contribution in [2.45, 2.75) is 39.2 Å². The van der Waals surface area contributed by atoms with E-state index in [0.29, 0.717) is 12.5 Å². The van der Waals surface area contributed by atoms with Gasteiger partial charge in [0.25, 0.3) is 0 Å². The third kappa shape index (κ3) is 4.95. The van der Waals surface area contributed by atoms with Gasteiger partial charge in [0.1, 0.15) is 0 Å². The van der Waals surface area contributed by atoms with Gasteiger partial charge in [0, 0.05) is 6.54 Å². The first-order valence-electron chi connectivity index (χ1n) is 5.54. The van der Waals surface area contributed by atoms with Crippen molar-refractivity contribution >= 4 is 10.0 Å². The molecule has 1 aliphatic carbocycles. The summed E-state index contributed by atoms with van der Waals surface area (Å²) in [5.41, 5.74) is 0. The molecule has 0 aliphatic heterocycles. The molecule has 0 spiro atoms. The SMILES string of the molecule is CC(C)CS(=O)(=O)NCC1CCC(O)C1. The minimum atomic E-state index is -3.12. The summed E-state index contributed by atoms with van der Waals surface area (Å²) in [6.07, 6.45) is 2.22. The van der Waals surface area contributed by atoms with Crippen molar-refractivity contribution in [3.8, 4) is 0 Å². The molecule has 1 rings (SSSR count). The highest BCUT2D eigenvalue weighted by Gasteiger charge is 2.24. The molecule has 2 N–H and O–H groups in total. The highest BCUT2D eigenvalue weighted by Crippen LogP contribution is 2.24. The van der Waals surface area contributed by atoms with Crippen molar-refractivity contribution in [2.24, 2.45) is 11.8 Å². The molecular formula is C10H21NO3S. The molecule has 5 heteroatoms. The molecule has 0 bridgehead atoms. The predicted octanol–water partition coefficient (Wildman–Crippen LogP) is 0.723. The minimum absolute atomic E-state index is 0.150. The zero-order valence-corrected chi connectivity index (χ0v) is 10.3. The molecule has 1 fully saturated rings. The summed E-state index contributed by atoms with van der Waals surface area (Å²) in [7, 11) is -3.12. The molecule has 0 heterocycles. The van der Waals surface area contributed by atoms with Crippen LogP contribution >= 0.6 is 0 Å². The fourth-order valence-electron chi connectivity index (χ4n) is 1.98. The lowest BCUT2D eigenvalue weighted by Crippen LogP contribution is -2.32. The quantitative estimate of drug-likeness (QED) is 0.738. The van der Waals surface area contributed by atoms with E-state index < -0.39 is 10.0 Å². The Bertz CT molecular complexity index is 287. The predicted molar refractivity (Wildman–Crippen MR) is 60.0 cm³/mol. The summed E-state index contributed by atoms with van der Waals surface area (Å²) >= 11 is 0. The molecule has 0 radical (unpaired) electrons. The third-order valence-corrected chi connectivity index (χ3v) is 4.37. The average molecular weight is 235 g/mol. The molecule has 2 unspecified atom stereocenters. The summed E-state index contributed by atoms with van der Waals surface area (Å²) < 4.78 is 25.6. The lowest BCUT2D eigenvalue weighted by Gasteiger charge is -2.12. The standard InChI is InChI=1S/C10H21NO3S/c1-8(2)7-15(13,14)11-6-9-3-4-10(12)5-9/h8-12H,3-7H2,1-2H3. The van der Waals surface area contributed by atoms with E-state index in [1.54, 1.807) is 0 Å². The van der Waals surface area contributed by atoms with Gasteiger partial charge in [-0.2, -0.15) is 0 Å². The molecule has 0 aromatic heterocycles. The maximum absolute atomic E-state index is 11.5. The molecule has 15 heavy (non-hydrogen) atoms. The van der Waals surface area contributed by atoms with Crippen LogP contribution in [-0.4, -0.2) is 31.9 Å². The first-order chi connectivity index (χ1) is 6.89. The smallest absolute Gasteiger partial charge is 0.211 e. The van der Waals surface area contributed by atoms with Crippen LogP contribution in [-0.2, 0) is 10.0 Å². The van der Waals surface area contributed by atoms with Gasteiger partial charge in [-0.25, -0.2) is 13.1 Å². The Hall–Kier alpha value is -0.130. The van der Waals surface area contributed by atoms with Crippen molar-refractivity contribution in [1.29, 1.82) is 0 Å². The van der Waals surface area contributed by atoms with E-state index in [0.717, 1.165) is 19.3 Å².